The molecule has 3 rings (SSSR count). The van der Waals surface area contributed by atoms with E-state index in [2.05, 4.69) is 19.7 Å². The van der Waals surface area contributed by atoms with Crippen LogP contribution in [0.5, 0.6) is 0 Å². The molecule has 0 bridgehead atoms. The van der Waals surface area contributed by atoms with Crippen molar-refractivity contribution in [1.29, 1.82) is 0 Å². The Bertz CT molecular complexity index is 879. The fraction of sp³-hybridized carbons (Fsp3) is 0.188. The van der Waals surface area contributed by atoms with Crippen LogP contribution in [0.25, 0.3) is 11.6 Å². The van der Waals surface area contributed by atoms with E-state index >= 15 is 0 Å². The van der Waals surface area contributed by atoms with Crippen molar-refractivity contribution in [2.45, 2.75) is 12.3 Å². The molecule has 0 atom stereocenters. The van der Waals surface area contributed by atoms with Crippen LogP contribution < -0.4 is 4.72 Å². The number of hydrogen-bond donors (Lipinski definition) is 1. The largest absolute Gasteiger partial charge is 0.327 e. The number of benzene rings is 1. The first-order valence-electron chi connectivity index (χ1n) is 7.44. The van der Waals surface area contributed by atoms with Crippen LogP contribution in [-0.2, 0) is 22.3 Å². The summed E-state index contributed by atoms with van der Waals surface area (Å²) in [5.41, 5.74) is 0.756. The van der Waals surface area contributed by atoms with Gasteiger partial charge in [0.15, 0.2) is 11.6 Å². The van der Waals surface area contributed by atoms with Crippen molar-refractivity contribution in [2.75, 3.05) is 6.54 Å². The standard InChI is InChI=1S/C16H17N5O2S/c22-24(23,13-14-5-2-1-3-6-14)20-10-12-21-11-9-19-16(21)15-17-7-4-8-18-15/h1-9,11,20H,10,12-13H2. The minimum atomic E-state index is -3.38. The highest BCUT2D eigenvalue weighted by molar-refractivity contribution is 7.88. The van der Waals surface area contributed by atoms with Crippen molar-refractivity contribution in [3.05, 3.63) is 66.7 Å². The lowest BCUT2D eigenvalue weighted by Crippen LogP contribution is -2.28. The maximum atomic E-state index is 12.1. The van der Waals surface area contributed by atoms with E-state index < -0.39 is 10.0 Å². The molecule has 0 aliphatic heterocycles. The number of nitrogens with one attached hydrogen (secondary N) is 1. The van der Waals surface area contributed by atoms with Gasteiger partial charge in [-0.05, 0) is 11.6 Å². The van der Waals surface area contributed by atoms with Crippen LogP contribution in [-0.4, -0.2) is 34.5 Å². The average Bonchev–Trinajstić information content (AvgIpc) is 3.04. The van der Waals surface area contributed by atoms with E-state index in [1.165, 1.54) is 0 Å². The molecule has 0 spiro atoms. The Kier molecular flexibility index (Phi) is 4.97. The second-order valence-electron chi connectivity index (χ2n) is 5.16. The lowest BCUT2D eigenvalue weighted by Gasteiger charge is -2.09. The average molecular weight is 343 g/mol. The molecule has 0 fully saturated rings. The Hall–Kier alpha value is -2.58. The smallest absolute Gasteiger partial charge is 0.215 e. The van der Waals surface area contributed by atoms with E-state index in [0.717, 1.165) is 5.56 Å². The maximum Gasteiger partial charge on any atom is 0.215 e. The molecule has 124 valence electrons. The molecule has 1 aromatic carbocycles. The zero-order valence-corrected chi connectivity index (χ0v) is 13.7. The summed E-state index contributed by atoms with van der Waals surface area (Å²) in [4.78, 5) is 12.6. The van der Waals surface area contributed by atoms with Gasteiger partial charge >= 0.3 is 0 Å². The highest BCUT2D eigenvalue weighted by atomic mass is 32.2. The summed E-state index contributed by atoms with van der Waals surface area (Å²) in [5, 5.41) is 0. The molecule has 0 radical (unpaired) electrons. The quantitative estimate of drug-likeness (QED) is 0.701. The van der Waals surface area contributed by atoms with Crippen LogP contribution in [0.1, 0.15) is 5.56 Å². The van der Waals surface area contributed by atoms with Gasteiger partial charge in [0.2, 0.25) is 10.0 Å². The van der Waals surface area contributed by atoms with Crippen molar-refractivity contribution < 1.29 is 8.42 Å². The highest BCUT2D eigenvalue weighted by Crippen LogP contribution is 2.11. The van der Waals surface area contributed by atoms with Crippen molar-refractivity contribution in [3.8, 4) is 11.6 Å². The van der Waals surface area contributed by atoms with Crippen LogP contribution in [0, 0.1) is 0 Å². The number of sulfonamides is 1. The van der Waals surface area contributed by atoms with Gasteiger partial charge in [-0.2, -0.15) is 0 Å². The summed E-state index contributed by atoms with van der Waals surface area (Å²) in [7, 11) is -3.38. The summed E-state index contributed by atoms with van der Waals surface area (Å²) in [6, 6.07) is 10.8. The molecular formula is C16H17N5O2S. The van der Waals surface area contributed by atoms with Crippen molar-refractivity contribution >= 4 is 10.0 Å². The number of rotatable bonds is 7. The normalized spacial score (nSPS) is 11.5. The minimum Gasteiger partial charge on any atom is -0.327 e. The van der Waals surface area contributed by atoms with Gasteiger partial charge in [0.25, 0.3) is 0 Å². The van der Waals surface area contributed by atoms with E-state index in [1.807, 2.05) is 22.8 Å². The zero-order chi connectivity index (χ0) is 16.8. The molecule has 0 saturated carbocycles. The molecule has 0 amide bonds. The molecular weight excluding hydrogens is 326 g/mol. The van der Waals surface area contributed by atoms with Gasteiger partial charge < -0.3 is 4.57 Å². The third kappa shape index (κ3) is 4.24. The molecule has 0 aliphatic carbocycles. The van der Waals surface area contributed by atoms with E-state index in [4.69, 9.17) is 0 Å². The van der Waals surface area contributed by atoms with Gasteiger partial charge in [0.1, 0.15) is 0 Å². The molecule has 24 heavy (non-hydrogen) atoms. The number of hydrogen-bond acceptors (Lipinski definition) is 5. The predicted molar refractivity (Wildman–Crippen MR) is 90.3 cm³/mol. The Morgan fingerprint density at radius 1 is 0.958 bits per heavy atom. The summed E-state index contributed by atoms with van der Waals surface area (Å²) in [6.07, 6.45) is 6.70. The fourth-order valence-electron chi connectivity index (χ4n) is 2.28. The second kappa shape index (κ2) is 7.33. The van der Waals surface area contributed by atoms with E-state index in [9.17, 15) is 8.42 Å². The van der Waals surface area contributed by atoms with Gasteiger partial charge in [-0.15, -0.1) is 0 Å². The Morgan fingerprint density at radius 3 is 2.46 bits per heavy atom. The maximum absolute atomic E-state index is 12.1. The van der Waals surface area contributed by atoms with Crippen LogP contribution >= 0.6 is 0 Å². The van der Waals surface area contributed by atoms with Gasteiger partial charge in [-0.3, -0.25) is 0 Å². The molecule has 0 saturated heterocycles. The third-order valence-electron chi connectivity index (χ3n) is 3.36. The summed E-state index contributed by atoms with van der Waals surface area (Å²) in [5.74, 6) is 1.08. The highest BCUT2D eigenvalue weighted by Gasteiger charge is 2.12. The van der Waals surface area contributed by atoms with Crippen LogP contribution in [0.2, 0.25) is 0 Å². The second-order valence-corrected chi connectivity index (χ2v) is 6.96. The lowest BCUT2D eigenvalue weighted by atomic mass is 10.2. The Morgan fingerprint density at radius 2 is 1.71 bits per heavy atom. The van der Waals surface area contributed by atoms with Crippen LogP contribution in [0.15, 0.2) is 61.2 Å². The van der Waals surface area contributed by atoms with Gasteiger partial charge in [0.05, 0.1) is 5.75 Å². The van der Waals surface area contributed by atoms with Gasteiger partial charge in [-0.25, -0.2) is 28.1 Å². The first-order valence-corrected chi connectivity index (χ1v) is 9.09. The van der Waals surface area contributed by atoms with Crippen molar-refractivity contribution in [3.63, 3.8) is 0 Å². The van der Waals surface area contributed by atoms with Crippen molar-refractivity contribution in [2.24, 2.45) is 0 Å². The number of aromatic nitrogens is 4. The number of nitrogens with zero attached hydrogens (tertiary/aromatic N) is 4. The monoisotopic (exact) mass is 343 g/mol. The summed E-state index contributed by atoms with van der Waals surface area (Å²) >= 11 is 0. The van der Waals surface area contributed by atoms with E-state index in [0.29, 0.717) is 18.2 Å². The first kappa shape index (κ1) is 16.3. The summed E-state index contributed by atoms with van der Waals surface area (Å²) < 4.78 is 28.7. The zero-order valence-electron chi connectivity index (χ0n) is 12.9. The SMILES string of the molecule is O=S(=O)(Cc1ccccc1)NCCn1ccnc1-c1ncccn1. The van der Waals surface area contributed by atoms with Crippen molar-refractivity contribution in [1.82, 2.24) is 24.2 Å². The molecule has 2 aromatic heterocycles. The van der Waals surface area contributed by atoms with Gasteiger partial charge in [0, 0.05) is 37.9 Å². The Balaban J connectivity index is 1.60. The fourth-order valence-corrected chi connectivity index (χ4v) is 3.41. The molecule has 0 unspecified atom stereocenters. The van der Waals surface area contributed by atoms with E-state index in [-0.39, 0.29) is 12.3 Å². The summed E-state index contributed by atoms with van der Waals surface area (Å²) in [6.45, 7) is 0.715. The van der Waals surface area contributed by atoms with Crippen LogP contribution in [0.3, 0.4) is 0 Å². The van der Waals surface area contributed by atoms with Gasteiger partial charge in [-0.1, -0.05) is 30.3 Å². The third-order valence-corrected chi connectivity index (χ3v) is 4.71. The molecule has 7 nitrogen and oxygen atoms in total. The molecule has 8 heteroatoms. The Labute approximate surface area is 140 Å². The topological polar surface area (TPSA) is 89.8 Å². The first-order chi connectivity index (χ1) is 11.6. The lowest BCUT2D eigenvalue weighted by molar-refractivity contribution is 0.572. The number of imidazole rings is 1. The molecule has 3 aromatic rings. The minimum absolute atomic E-state index is 0.0353. The van der Waals surface area contributed by atoms with E-state index in [1.54, 1.807) is 43.0 Å². The molecule has 0 aliphatic rings. The molecule has 2 heterocycles. The molecule has 1 N–H and O–H groups in total. The van der Waals surface area contributed by atoms with Crippen LogP contribution in [0.4, 0.5) is 0 Å². The predicted octanol–water partition coefficient (Wildman–Crippen LogP) is 1.46.